The van der Waals surface area contributed by atoms with Crippen LogP contribution in [0.4, 0.5) is 5.69 Å². The van der Waals surface area contributed by atoms with Gasteiger partial charge in [-0.15, -0.1) is 11.3 Å². The molecule has 0 fully saturated rings. The predicted molar refractivity (Wildman–Crippen MR) is 94.7 cm³/mol. The number of aryl methyl sites for hydroxylation is 4. The Bertz CT molecular complexity index is 652. The van der Waals surface area contributed by atoms with E-state index in [1.807, 2.05) is 25.8 Å². The van der Waals surface area contributed by atoms with E-state index < -0.39 is 0 Å². The van der Waals surface area contributed by atoms with Gasteiger partial charge in [0.15, 0.2) is 0 Å². The maximum atomic E-state index is 12.3. The lowest BCUT2D eigenvalue weighted by Crippen LogP contribution is -2.30. The van der Waals surface area contributed by atoms with Crippen molar-refractivity contribution in [1.29, 1.82) is 0 Å². The summed E-state index contributed by atoms with van der Waals surface area (Å²) in [5.74, 6) is 0.0340. The van der Waals surface area contributed by atoms with Crippen LogP contribution in [0.1, 0.15) is 27.1 Å². The molecule has 0 spiro atoms. The summed E-state index contributed by atoms with van der Waals surface area (Å²) in [6.07, 6.45) is 0. The monoisotopic (exact) mass is 316 g/mol. The van der Waals surface area contributed by atoms with E-state index in [-0.39, 0.29) is 5.91 Å². The molecular weight excluding hydrogens is 292 g/mol. The molecule has 22 heavy (non-hydrogen) atoms. The third-order valence-electron chi connectivity index (χ3n) is 3.74. The number of likely N-dealkylation sites (N-methyl/N-ethyl adjacent to an activating group) is 1. The summed E-state index contributed by atoms with van der Waals surface area (Å²) < 4.78 is 0. The maximum absolute atomic E-state index is 12.3. The molecule has 0 aliphatic carbocycles. The highest BCUT2D eigenvalue weighted by Gasteiger charge is 2.12. The molecule has 0 aliphatic rings. The molecule has 1 aromatic heterocycles. The van der Waals surface area contributed by atoms with Crippen LogP contribution in [0.2, 0.25) is 0 Å². The summed E-state index contributed by atoms with van der Waals surface area (Å²) in [7, 11) is 1.98. The number of carbonyl (C=O) groups excluding carboxylic acids is 1. The molecule has 0 saturated heterocycles. The third kappa shape index (κ3) is 4.18. The van der Waals surface area contributed by atoms with Crippen molar-refractivity contribution >= 4 is 22.9 Å². The van der Waals surface area contributed by atoms with Crippen molar-refractivity contribution in [2.24, 2.45) is 0 Å². The average Bonchev–Trinajstić information content (AvgIpc) is 2.79. The van der Waals surface area contributed by atoms with Crippen LogP contribution in [0.5, 0.6) is 0 Å². The van der Waals surface area contributed by atoms with Crippen LogP contribution < -0.4 is 5.32 Å². The molecule has 3 nitrogen and oxygen atoms in total. The third-order valence-corrected chi connectivity index (χ3v) is 4.74. The van der Waals surface area contributed by atoms with Gasteiger partial charge >= 0.3 is 0 Å². The number of hydrogen-bond acceptors (Lipinski definition) is 3. The van der Waals surface area contributed by atoms with Gasteiger partial charge in [-0.05, 0) is 62.9 Å². The average molecular weight is 316 g/mol. The molecule has 0 bridgehead atoms. The predicted octanol–water partition coefficient (Wildman–Crippen LogP) is 4.05. The molecule has 0 radical (unpaired) electrons. The van der Waals surface area contributed by atoms with Crippen molar-refractivity contribution in [3.8, 4) is 0 Å². The van der Waals surface area contributed by atoms with Crippen molar-refractivity contribution in [2.75, 3.05) is 18.9 Å². The van der Waals surface area contributed by atoms with Gasteiger partial charge in [0.25, 0.3) is 0 Å². The van der Waals surface area contributed by atoms with Crippen molar-refractivity contribution in [3.05, 3.63) is 50.7 Å². The van der Waals surface area contributed by atoms with E-state index in [0.717, 1.165) is 23.4 Å². The molecule has 0 saturated carbocycles. The fourth-order valence-corrected chi connectivity index (χ4v) is 3.65. The number of rotatable bonds is 5. The minimum atomic E-state index is 0.0340. The Kier molecular flexibility index (Phi) is 5.37. The van der Waals surface area contributed by atoms with Gasteiger partial charge in [0.2, 0.25) is 5.91 Å². The van der Waals surface area contributed by atoms with Gasteiger partial charge in [0.1, 0.15) is 0 Å². The van der Waals surface area contributed by atoms with Gasteiger partial charge in [-0.25, -0.2) is 0 Å². The second kappa shape index (κ2) is 7.07. The number of amides is 1. The van der Waals surface area contributed by atoms with Crippen LogP contribution in [0.25, 0.3) is 0 Å². The minimum absolute atomic E-state index is 0.0340. The molecule has 1 amide bonds. The summed E-state index contributed by atoms with van der Waals surface area (Å²) >= 11 is 1.74. The zero-order chi connectivity index (χ0) is 16.3. The summed E-state index contributed by atoms with van der Waals surface area (Å²) in [5.41, 5.74) is 5.68. The van der Waals surface area contributed by atoms with Gasteiger partial charge in [0.05, 0.1) is 6.54 Å². The highest BCUT2D eigenvalue weighted by atomic mass is 32.1. The van der Waals surface area contributed by atoms with E-state index in [9.17, 15) is 4.79 Å². The van der Waals surface area contributed by atoms with E-state index in [2.05, 4.69) is 42.7 Å². The number of nitrogens with one attached hydrogen (secondary N) is 1. The molecule has 1 aromatic carbocycles. The molecule has 1 heterocycles. The smallest absolute Gasteiger partial charge is 0.238 e. The highest BCUT2D eigenvalue weighted by Crippen LogP contribution is 2.22. The first-order chi connectivity index (χ1) is 10.4. The quantitative estimate of drug-likeness (QED) is 0.902. The molecule has 2 aromatic rings. The fraction of sp³-hybridized carbons (Fsp3) is 0.389. The maximum Gasteiger partial charge on any atom is 0.238 e. The number of hydrogen-bond donors (Lipinski definition) is 1. The van der Waals surface area contributed by atoms with Gasteiger partial charge in [0, 0.05) is 17.1 Å². The minimum Gasteiger partial charge on any atom is -0.324 e. The molecule has 118 valence electrons. The van der Waals surface area contributed by atoms with Gasteiger partial charge in [-0.3, -0.25) is 9.69 Å². The molecular formula is C18H24N2OS. The molecule has 0 unspecified atom stereocenters. The van der Waals surface area contributed by atoms with Crippen LogP contribution in [0.15, 0.2) is 23.6 Å². The summed E-state index contributed by atoms with van der Waals surface area (Å²) in [6, 6.07) is 6.32. The van der Waals surface area contributed by atoms with Crippen LogP contribution in [-0.2, 0) is 11.3 Å². The Morgan fingerprint density at radius 3 is 2.32 bits per heavy atom. The van der Waals surface area contributed by atoms with Gasteiger partial charge in [-0.1, -0.05) is 17.7 Å². The lowest BCUT2D eigenvalue weighted by Gasteiger charge is -2.18. The zero-order valence-corrected chi connectivity index (χ0v) is 14.8. The lowest BCUT2D eigenvalue weighted by atomic mass is 10.1. The van der Waals surface area contributed by atoms with Crippen molar-refractivity contribution < 1.29 is 4.79 Å². The first kappa shape index (κ1) is 16.7. The van der Waals surface area contributed by atoms with E-state index in [4.69, 9.17) is 0 Å². The number of anilines is 1. The molecule has 2 rings (SSSR count). The first-order valence-corrected chi connectivity index (χ1v) is 8.34. The fourth-order valence-electron chi connectivity index (χ4n) is 2.67. The standard InChI is InChI=1S/C18H24N2OS/c1-12-8-14(3)18(15(4)9-12)19-17(21)11-20(5)10-16-13(2)6-7-22-16/h6-9H,10-11H2,1-5H3,(H,19,21). The van der Waals surface area contributed by atoms with Crippen molar-refractivity contribution in [2.45, 2.75) is 34.2 Å². The highest BCUT2D eigenvalue weighted by molar-refractivity contribution is 7.10. The van der Waals surface area contributed by atoms with E-state index in [1.54, 1.807) is 11.3 Å². The Labute approximate surface area is 137 Å². The van der Waals surface area contributed by atoms with E-state index in [0.29, 0.717) is 6.54 Å². The van der Waals surface area contributed by atoms with E-state index >= 15 is 0 Å². The molecule has 0 aliphatic heterocycles. The number of benzene rings is 1. The SMILES string of the molecule is Cc1cc(C)c(NC(=O)CN(C)Cc2sccc2C)c(C)c1. The van der Waals surface area contributed by atoms with Crippen molar-refractivity contribution in [3.63, 3.8) is 0 Å². The zero-order valence-electron chi connectivity index (χ0n) is 14.0. The van der Waals surface area contributed by atoms with Gasteiger partial charge < -0.3 is 5.32 Å². The summed E-state index contributed by atoms with van der Waals surface area (Å²) in [4.78, 5) is 15.6. The summed E-state index contributed by atoms with van der Waals surface area (Å²) in [5, 5.41) is 5.15. The van der Waals surface area contributed by atoms with Gasteiger partial charge in [-0.2, -0.15) is 0 Å². The van der Waals surface area contributed by atoms with Crippen LogP contribution in [0, 0.1) is 27.7 Å². The summed E-state index contributed by atoms with van der Waals surface area (Å²) in [6.45, 7) is 9.46. The Balaban J connectivity index is 1.97. The first-order valence-electron chi connectivity index (χ1n) is 7.46. The lowest BCUT2D eigenvalue weighted by molar-refractivity contribution is -0.117. The number of carbonyl (C=O) groups is 1. The van der Waals surface area contributed by atoms with Crippen LogP contribution in [0.3, 0.4) is 0 Å². The van der Waals surface area contributed by atoms with Crippen LogP contribution in [-0.4, -0.2) is 24.4 Å². The molecule has 1 N–H and O–H groups in total. The van der Waals surface area contributed by atoms with Crippen molar-refractivity contribution in [1.82, 2.24) is 4.90 Å². The molecule has 0 atom stereocenters. The van der Waals surface area contributed by atoms with Crippen LogP contribution >= 0.6 is 11.3 Å². The second-order valence-electron chi connectivity index (χ2n) is 6.02. The largest absolute Gasteiger partial charge is 0.324 e. The second-order valence-corrected chi connectivity index (χ2v) is 7.02. The Morgan fingerprint density at radius 1 is 1.14 bits per heavy atom. The molecule has 4 heteroatoms. The normalized spacial score (nSPS) is 11.0. The number of thiophene rings is 1. The Morgan fingerprint density at radius 2 is 1.77 bits per heavy atom. The topological polar surface area (TPSA) is 32.3 Å². The number of nitrogens with zero attached hydrogens (tertiary/aromatic N) is 1. The Hall–Kier alpha value is -1.65. The van der Waals surface area contributed by atoms with E-state index in [1.165, 1.54) is 16.0 Å².